The van der Waals surface area contributed by atoms with Gasteiger partial charge in [0, 0.05) is 29.8 Å². The van der Waals surface area contributed by atoms with Gasteiger partial charge in [0.05, 0.1) is 32.7 Å². The van der Waals surface area contributed by atoms with Crippen LogP contribution in [-0.2, 0) is 20.9 Å². The number of ether oxygens (including phenoxy) is 1. The molecule has 6 rings (SSSR count). The number of thiophene rings is 1. The highest BCUT2D eigenvalue weighted by Gasteiger charge is 2.60. The van der Waals surface area contributed by atoms with Crippen LogP contribution in [0.4, 0.5) is 5.69 Å². The molecule has 0 unspecified atom stereocenters. The minimum Gasteiger partial charge on any atom is -0.456 e. The van der Waals surface area contributed by atoms with Crippen LogP contribution in [0.25, 0.3) is 10.4 Å². The van der Waals surface area contributed by atoms with E-state index in [4.69, 9.17) is 4.74 Å². The Kier molecular flexibility index (Phi) is 6.36. The van der Waals surface area contributed by atoms with E-state index in [0.29, 0.717) is 31.4 Å². The van der Waals surface area contributed by atoms with Crippen LogP contribution in [0.3, 0.4) is 0 Å². The lowest BCUT2D eigenvalue weighted by Gasteiger charge is -2.46. The average molecular weight is 579 g/mol. The number of fused-ring (bicyclic) bond motifs is 2. The summed E-state index contributed by atoms with van der Waals surface area (Å²) < 4.78 is 7.31. The zero-order valence-corrected chi connectivity index (χ0v) is 22.8. The summed E-state index contributed by atoms with van der Waals surface area (Å²) in [5, 5.41) is 23.0. The van der Waals surface area contributed by atoms with Crippen molar-refractivity contribution in [2.75, 3.05) is 0 Å². The maximum absolute atomic E-state index is 13.5. The number of carbonyl (C=O) groups is 3. The number of esters is 1. The molecule has 1 N–H and O–H groups in total. The van der Waals surface area contributed by atoms with Crippen LogP contribution in [0.15, 0.2) is 60.0 Å². The van der Waals surface area contributed by atoms with Crippen LogP contribution >= 0.6 is 22.7 Å². The number of amides is 1. The number of nitro benzene ring substituents is 1. The highest BCUT2D eigenvalue weighted by molar-refractivity contribution is 7.19. The van der Waals surface area contributed by atoms with Gasteiger partial charge in [-0.1, -0.05) is 13.0 Å². The summed E-state index contributed by atoms with van der Waals surface area (Å²) in [5.41, 5.74) is 1.47. The largest absolute Gasteiger partial charge is 0.456 e. The van der Waals surface area contributed by atoms with Crippen LogP contribution in [0.5, 0.6) is 0 Å². The molecule has 4 atom stereocenters. The molecule has 204 valence electrons. The van der Waals surface area contributed by atoms with Crippen molar-refractivity contribution >= 4 is 56.4 Å². The molecule has 3 aromatic heterocycles. The van der Waals surface area contributed by atoms with Crippen molar-refractivity contribution in [1.29, 1.82) is 0 Å². The zero-order chi connectivity index (χ0) is 28.3. The van der Waals surface area contributed by atoms with E-state index in [-0.39, 0.29) is 35.6 Å². The third kappa shape index (κ3) is 4.05. The van der Waals surface area contributed by atoms with Crippen molar-refractivity contribution in [3.8, 4) is 0 Å². The third-order valence-electron chi connectivity index (χ3n) is 7.32. The second-order valence-corrected chi connectivity index (χ2v) is 11.7. The fourth-order valence-electron chi connectivity index (χ4n) is 5.42. The summed E-state index contributed by atoms with van der Waals surface area (Å²) in [6.07, 6.45) is 2.43. The average Bonchev–Trinajstić information content (AvgIpc) is 3.70. The SMILES string of the molecule is C[C@@H](O)[C@H]1C(=O)N2C(C(=O)OCc3ccc([N+](=O)[O-])cc3)=C(c3cn4cnc(C(=O)c5cccs5)c4s3)[C@H](C)[C@H]12. The first kappa shape index (κ1) is 26.0. The predicted molar refractivity (Wildman–Crippen MR) is 146 cm³/mol. The number of aromatic nitrogens is 2. The predicted octanol–water partition coefficient (Wildman–Crippen LogP) is 3.91. The number of aliphatic hydroxyl groups is 1. The molecule has 0 radical (unpaired) electrons. The van der Waals surface area contributed by atoms with Crippen molar-refractivity contribution in [2.24, 2.45) is 11.8 Å². The first-order valence-corrected chi connectivity index (χ1v) is 14.1. The van der Waals surface area contributed by atoms with Gasteiger partial charge in [-0.25, -0.2) is 9.78 Å². The maximum atomic E-state index is 13.5. The van der Waals surface area contributed by atoms with Gasteiger partial charge in [-0.15, -0.1) is 22.7 Å². The van der Waals surface area contributed by atoms with Gasteiger partial charge in [0.25, 0.3) is 5.69 Å². The number of β-lactam (4-membered cyclic amide) rings is 1. The number of nitrogens with zero attached hydrogens (tertiary/aromatic N) is 4. The summed E-state index contributed by atoms with van der Waals surface area (Å²) in [5.74, 6) is -2.23. The van der Waals surface area contributed by atoms with Gasteiger partial charge in [0.15, 0.2) is 0 Å². The van der Waals surface area contributed by atoms with Crippen LogP contribution in [0.2, 0.25) is 0 Å². The Bertz CT molecular complexity index is 1700. The number of carbonyl (C=O) groups excluding carboxylic acids is 3. The number of ketones is 1. The first-order valence-electron chi connectivity index (χ1n) is 12.4. The Hall–Kier alpha value is -4.20. The van der Waals surface area contributed by atoms with E-state index >= 15 is 0 Å². The second-order valence-electron chi connectivity index (χ2n) is 9.72. The van der Waals surface area contributed by atoms with E-state index in [1.165, 1.54) is 51.8 Å². The minimum absolute atomic E-state index is 0.0802. The van der Waals surface area contributed by atoms with Crippen LogP contribution in [0.1, 0.15) is 39.7 Å². The molecular weight excluding hydrogens is 556 g/mol. The number of non-ortho nitro benzene ring substituents is 1. The lowest BCUT2D eigenvalue weighted by atomic mass is 9.77. The normalized spacial score (nSPS) is 20.9. The maximum Gasteiger partial charge on any atom is 0.355 e. The summed E-state index contributed by atoms with van der Waals surface area (Å²) in [7, 11) is 0. The smallest absolute Gasteiger partial charge is 0.355 e. The van der Waals surface area contributed by atoms with E-state index in [1.54, 1.807) is 36.0 Å². The number of imidazole rings is 1. The van der Waals surface area contributed by atoms with Gasteiger partial charge >= 0.3 is 5.97 Å². The summed E-state index contributed by atoms with van der Waals surface area (Å²) in [6.45, 7) is 3.31. The minimum atomic E-state index is -0.897. The Morgan fingerprint density at radius 2 is 2.00 bits per heavy atom. The molecule has 40 heavy (non-hydrogen) atoms. The number of rotatable bonds is 8. The quantitative estimate of drug-likeness (QED) is 0.109. The van der Waals surface area contributed by atoms with Crippen molar-refractivity contribution in [3.05, 3.63) is 91.1 Å². The fraction of sp³-hybridized carbons (Fsp3) is 0.259. The van der Waals surface area contributed by atoms with Crippen molar-refractivity contribution in [2.45, 2.75) is 32.6 Å². The first-order chi connectivity index (χ1) is 19.2. The molecule has 1 saturated heterocycles. The number of hydrogen-bond donors (Lipinski definition) is 1. The number of hydrogen-bond acceptors (Lipinski definition) is 10. The van der Waals surface area contributed by atoms with E-state index in [0.717, 1.165) is 0 Å². The van der Waals surface area contributed by atoms with E-state index in [9.17, 15) is 29.6 Å². The van der Waals surface area contributed by atoms with E-state index in [2.05, 4.69) is 4.98 Å². The van der Waals surface area contributed by atoms with Crippen molar-refractivity contribution in [1.82, 2.24) is 14.3 Å². The molecule has 1 amide bonds. The molecule has 4 aromatic rings. The Morgan fingerprint density at radius 1 is 1.25 bits per heavy atom. The Morgan fingerprint density at radius 3 is 2.65 bits per heavy atom. The molecular formula is C27H22N4O7S2. The molecule has 5 heterocycles. The molecule has 0 aliphatic carbocycles. The number of nitro groups is 1. The lowest BCUT2D eigenvalue weighted by Crippen LogP contribution is -2.63. The molecule has 11 nitrogen and oxygen atoms in total. The molecule has 0 bridgehead atoms. The highest BCUT2D eigenvalue weighted by Crippen LogP contribution is 2.52. The van der Waals surface area contributed by atoms with Crippen molar-refractivity contribution < 1.29 is 29.2 Å². The van der Waals surface area contributed by atoms with Gasteiger partial charge < -0.3 is 14.7 Å². The number of benzene rings is 1. The summed E-state index contributed by atoms with van der Waals surface area (Å²) >= 11 is 2.62. The highest BCUT2D eigenvalue weighted by atomic mass is 32.1. The van der Waals surface area contributed by atoms with Crippen LogP contribution in [-0.4, -0.2) is 54.1 Å². The van der Waals surface area contributed by atoms with E-state index in [1.807, 2.05) is 12.3 Å². The molecule has 2 aliphatic rings. The van der Waals surface area contributed by atoms with Gasteiger partial charge in [0.1, 0.15) is 29.2 Å². The zero-order valence-electron chi connectivity index (χ0n) is 21.2. The Balaban J connectivity index is 1.36. The fourth-order valence-corrected chi connectivity index (χ4v) is 7.30. The molecule has 1 fully saturated rings. The van der Waals surface area contributed by atoms with Crippen LogP contribution < -0.4 is 0 Å². The summed E-state index contributed by atoms with van der Waals surface area (Å²) in [6, 6.07) is 8.76. The van der Waals surface area contributed by atoms with Crippen LogP contribution in [0, 0.1) is 22.0 Å². The second kappa shape index (κ2) is 9.77. The number of thiazole rings is 1. The van der Waals surface area contributed by atoms with Gasteiger partial charge in [-0.2, -0.15) is 0 Å². The molecule has 2 aliphatic heterocycles. The molecule has 13 heteroatoms. The third-order valence-corrected chi connectivity index (χ3v) is 9.33. The molecule has 0 spiro atoms. The molecule has 1 aromatic carbocycles. The van der Waals surface area contributed by atoms with E-state index < -0.39 is 29.0 Å². The monoisotopic (exact) mass is 578 g/mol. The Labute approximate surface area is 235 Å². The van der Waals surface area contributed by atoms with Gasteiger partial charge in [0.2, 0.25) is 11.7 Å². The topological polar surface area (TPSA) is 144 Å². The molecule has 0 saturated carbocycles. The van der Waals surface area contributed by atoms with Gasteiger partial charge in [-0.05, 0) is 36.1 Å². The number of aliphatic hydroxyl groups excluding tert-OH is 1. The lowest BCUT2D eigenvalue weighted by molar-refractivity contribution is -0.384. The van der Waals surface area contributed by atoms with Crippen molar-refractivity contribution in [3.63, 3.8) is 0 Å². The standard InChI is InChI=1S/C27H22N4O7S2/c1-13-19(18-10-29-12-28-21(26(29)40-18)24(33)17-4-3-9-39-17)23(30-22(13)20(14(2)32)25(30)34)27(35)38-11-15-5-7-16(8-6-15)31(36)37/h3-10,12-14,20,22,32H,11H2,1-2H3/t13-,14+,20+,22+/m0/s1. The summed E-state index contributed by atoms with van der Waals surface area (Å²) in [4.78, 5) is 57.6. The van der Waals surface area contributed by atoms with Gasteiger partial charge in [-0.3, -0.25) is 24.1 Å².